The van der Waals surface area contributed by atoms with Crippen LogP contribution in [0.5, 0.6) is 5.75 Å². The van der Waals surface area contributed by atoms with Crippen molar-refractivity contribution in [2.75, 3.05) is 14.2 Å². The van der Waals surface area contributed by atoms with Crippen LogP contribution in [0.15, 0.2) is 53.4 Å². The highest BCUT2D eigenvalue weighted by atomic mass is 32.2. The van der Waals surface area contributed by atoms with Crippen molar-refractivity contribution in [1.82, 2.24) is 9.29 Å². The first-order valence-corrected chi connectivity index (χ1v) is 10.2. The van der Waals surface area contributed by atoms with Crippen LogP contribution < -0.4 is 4.74 Å². The molecule has 0 fully saturated rings. The summed E-state index contributed by atoms with van der Waals surface area (Å²) in [5, 5.41) is 1.20. The standard InChI is InChI=1S/C20H22N2O3S/c1-22(26(23,24)16-10-8-15(25-2)9-11-16)14-7-12-20-18(13-14)17-5-3-4-6-19(17)21-20/h3-6,8-11,14,21H,7,12-13H2,1-2H3. The van der Waals surface area contributed by atoms with E-state index in [9.17, 15) is 8.42 Å². The lowest BCUT2D eigenvalue weighted by atomic mass is 9.91. The van der Waals surface area contributed by atoms with E-state index in [1.54, 1.807) is 38.4 Å². The first-order valence-electron chi connectivity index (χ1n) is 8.71. The van der Waals surface area contributed by atoms with Gasteiger partial charge in [-0.15, -0.1) is 0 Å². The first kappa shape index (κ1) is 17.1. The Balaban J connectivity index is 1.63. The van der Waals surface area contributed by atoms with Gasteiger partial charge in [0.05, 0.1) is 12.0 Å². The zero-order chi connectivity index (χ0) is 18.3. The molecule has 6 heteroatoms. The average Bonchev–Trinajstić information content (AvgIpc) is 3.05. The van der Waals surface area contributed by atoms with E-state index in [1.165, 1.54) is 20.9 Å². The van der Waals surface area contributed by atoms with E-state index in [1.807, 2.05) is 12.1 Å². The smallest absolute Gasteiger partial charge is 0.243 e. The van der Waals surface area contributed by atoms with Crippen molar-refractivity contribution >= 4 is 20.9 Å². The van der Waals surface area contributed by atoms with Gasteiger partial charge in [-0.05, 0) is 55.2 Å². The van der Waals surface area contributed by atoms with Crippen LogP contribution in [-0.4, -0.2) is 37.9 Å². The molecule has 1 heterocycles. The van der Waals surface area contributed by atoms with Crippen LogP contribution in [0, 0.1) is 0 Å². The fraction of sp³-hybridized carbons (Fsp3) is 0.300. The zero-order valence-corrected chi connectivity index (χ0v) is 15.7. The number of hydrogen-bond acceptors (Lipinski definition) is 3. The van der Waals surface area contributed by atoms with Gasteiger partial charge in [0, 0.05) is 29.7 Å². The third-order valence-corrected chi connectivity index (χ3v) is 7.24. The minimum absolute atomic E-state index is 0.0474. The third kappa shape index (κ3) is 2.79. The number of ether oxygens (including phenoxy) is 1. The molecular formula is C20H22N2O3S. The van der Waals surface area contributed by atoms with Gasteiger partial charge in [-0.2, -0.15) is 4.31 Å². The summed E-state index contributed by atoms with van der Waals surface area (Å²) < 4.78 is 32.7. The first-order chi connectivity index (χ1) is 12.5. The van der Waals surface area contributed by atoms with Crippen molar-refractivity contribution in [1.29, 1.82) is 0 Å². The highest BCUT2D eigenvalue weighted by molar-refractivity contribution is 7.89. The minimum Gasteiger partial charge on any atom is -0.497 e. The van der Waals surface area contributed by atoms with Gasteiger partial charge < -0.3 is 9.72 Å². The second-order valence-corrected chi connectivity index (χ2v) is 8.72. The van der Waals surface area contributed by atoms with E-state index in [0.717, 1.165) is 24.8 Å². The van der Waals surface area contributed by atoms with Crippen molar-refractivity contribution in [2.24, 2.45) is 0 Å². The Morgan fingerprint density at radius 2 is 1.85 bits per heavy atom. The second kappa shape index (κ2) is 6.45. The number of sulfonamides is 1. The number of H-pyrrole nitrogens is 1. The Hall–Kier alpha value is -2.31. The molecule has 5 nitrogen and oxygen atoms in total. The molecule has 2 aromatic carbocycles. The molecule has 26 heavy (non-hydrogen) atoms. The second-order valence-electron chi connectivity index (χ2n) is 6.72. The predicted octanol–water partition coefficient (Wildman–Crippen LogP) is 3.35. The summed E-state index contributed by atoms with van der Waals surface area (Å²) in [5.74, 6) is 0.646. The van der Waals surface area contributed by atoms with E-state index in [2.05, 4.69) is 17.1 Å². The van der Waals surface area contributed by atoms with E-state index < -0.39 is 10.0 Å². The number of aromatic amines is 1. The predicted molar refractivity (Wildman–Crippen MR) is 102 cm³/mol. The quantitative estimate of drug-likeness (QED) is 0.766. The van der Waals surface area contributed by atoms with Crippen molar-refractivity contribution in [3.05, 3.63) is 59.8 Å². The Labute approximate surface area is 153 Å². The maximum atomic E-state index is 13.0. The molecule has 0 bridgehead atoms. The molecule has 1 aliphatic carbocycles. The molecule has 3 aromatic rings. The highest BCUT2D eigenvalue weighted by Crippen LogP contribution is 2.32. The molecule has 136 valence electrons. The molecule has 0 amide bonds. The SMILES string of the molecule is COc1ccc(S(=O)(=O)N(C)C2CCc3[nH]c4ccccc4c3C2)cc1. The molecule has 0 radical (unpaired) electrons. The molecule has 0 spiro atoms. The van der Waals surface area contributed by atoms with Gasteiger partial charge in [-0.1, -0.05) is 18.2 Å². The number of rotatable bonds is 4. The van der Waals surface area contributed by atoms with Crippen LogP contribution in [-0.2, 0) is 22.9 Å². The third-order valence-electron chi connectivity index (χ3n) is 5.32. The topological polar surface area (TPSA) is 62.4 Å². The van der Waals surface area contributed by atoms with Crippen LogP contribution in [0.2, 0.25) is 0 Å². The maximum absolute atomic E-state index is 13.0. The summed E-state index contributed by atoms with van der Waals surface area (Å²) in [6, 6.07) is 14.7. The number of methoxy groups -OCH3 is 1. The number of likely N-dealkylation sites (N-methyl/N-ethyl adjacent to an activating group) is 1. The van der Waals surface area contributed by atoms with Gasteiger partial charge in [0.15, 0.2) is 0 Å². The molecule has 1 aromatic heterocycles. The van der Waals surface area contributed by atoms with E-state index in [4.69, 9.17) is 4.74 Å². The summed E-state index contributed by atoms with van der Waals surface area (Å²) in [7, 11) is -0.284. The summed E-state index contributed by atoms with van der Waals surface area (Å²) in [4.78, 5) is 3.77. The van der Waals surface area contributed by atoms with Gasteiger partial charge in [0.25, 0.3) is 0 Å². The van der Waals surface area contributed by atoms with E-state index >= 15 is 0 Å². The number of hydrogen-bond donors (Lipinski definition) is 1. The molecule has 1 aliphatic rings. The summed E-state index contributed by atoms with van der Waals surface area (Å²) in [5.41, 5.74) is 3.60. The van der Waals surface area contributed by atoms with Crippen molar-refractivity contribution < 1.29 is 13.2 Å². The van der Waals surface area contributed by atoms with Crippen LogP contribution in [0.3, 0.4) is 0 Å². The summed E-state index contributed by atoms with van der Waals surface area (Å²) in [6.07, 6.45) is 2.40. The average molecular weight is 370 g/mol. The molecular weight excluding hydrogens is 348 g/mol. The minimum atomic E-state index is -3.53. The monoisotopic (exact) mass is 370 g/mol. The zero-order valence-electron chi connectivity index (χ0n) is 14.9. The maximum Gasteiger partial charge on any atom is 0.243 e. The highest BCUT2D eigenvalue weighted by Gasteiger charge is 2.32. The normalized spacial score (nSPS) is 17.4. The number of nitrogens with zero attached hydrogens (tertiary/aromatic N) is 1. The largest absolute Gasteiger partial charge is 0.497 e. The Kier molecular flexibility index (Phi) is 4.25. The van der Waals surface area contributed by atoms with Crippen LogP contribution in [0.1, 0.15) is 17.7 Å². The lowest BCUT2D eigenvalue weighted by Crippen LogP contribution is -2.40. The van der Waals surface area contributed by atoms with Gasteiger partial charge in [0.2, 0.25) is 10.0 Å². The molecule has 0 saturated heterocycles. The van der Waals surface area contributed by atoms with Gasteiger partial charge >= 0.3 is 0 Å². The van der Waals surface area contributed by atoms with Crippen LogP contribution in [0.25, 0.3) is 10.9 Å². The number of fused-ring (bicyclic) bond motifs is 3. The number of aromatic nitrogens is 1. The molecule has 4 rings (SSSR count). The van der Waals surface area contributed by atoms with Gasteiger partial charge in [-0.3, -0.25) is 0 Å². The van der Waals surface area contributed by atoms with E-state index in [0.29, 0.717) is 10.6 Å². The molecule has 0 saturated carbocycles. The van der Waals surface area contributed by atoms with Crippen molar-refractivity contribution in [3.8, 4) is 5.75 Å². The van der Waals surface area contributed by atoms with Gasteiger partial charge in [0.1, 0.15) is 5.75 Å². The van der Waals surface area contributed by atoms with Crippen LogP contribution in [0.4, 0.5) is 0 Å². The lowest BCUT2D eigenvalue weighted by molar-refractivity contribution is 0.336. The molecule has 1 atom stereocenters. The molecule has 1 unspecified atom stereocenters. The lowest BCUT2D eigenvalue weighted by Gasteiger charge is -2.30. The van der Waals surface area contributed by atoms with E-state index in [-0.39, 0.29) is 6.04 Å². The fourth-order valence-corrected chi connectivity index (χ4v) is 5.16. The summed E-state index contributed by atoms with van der Waals surface area (Å²) in [6.45, 7) is 0. The molecule has 0 aliphatic heterocycles. The van der Waals surface area contributed by atoms with Gasteiger partial charge in [-0.25, -0.2) is 8.42 Å². The number of nitrogens with one attached hydrogen (secondary N) is 1. The Bertz CT molecular complexity index is 1040. The van der Waals surface area contributed by atoms with Crippen molar-refractivity contribution in [3.63, 3.8) is 0 Å². The number of aryl methyl sites for hydroxylation is 1. The molecule has 1 N–H and O–H groups in total. The number of benzene rings is 2. The number of para-hydroxylation sites is 1. The van der Waals surface area contributed by atoms with Crippen molar-refractivity contribution in [2.45, 2.75) is 30.2 Å². The fourth-order valence-electron chi connectivity index (χ4n) is 3.77. The Morgan fingerprint density at radius 3 is 2.58 bits per heavy atom. The van der Waals surface area contributed by atoms with Crippen LogP contribution >= 0.6 is 0 Å². The summed E-state index contributed by atoms with van der Waals surface area (Å²) >= 11 is 0. The Morgan fingerprint density at radius 1 is 1.12 bits per heavy atom.